The summed E-state index contributed by atoms with van der Waals surface area (Å²) < 4.78 is 4.99. The standard InChI is InChI=1S/C8H19NO.C3H6/c1-4-5-9-6-8(2)7-10-3;1-3-2/h8-9H,4-7H2,1-3H3;3H,1H2,2H3. The summed E-state index contributed by atoms with van der Waals surface area (Å²) in [5.41, 5.74) is 0. The maximum absolute atomic E-state index is 4.99. The second-order valence-corrected chi connectivity index (χ2v) is 3.17. The molecular formula is C11H25NO. The molecule has 0 spiro atoms. The largest absolute Gasteiger partial charge is 0.384 e. The zero-order valence-corrected chi connectivity index (χ0v) is 9.60. The molecule has 13 heavy (non-hydrogen) atoms. The van der Waals surface area contributed by atoms with E-state index in [4.69, 9.17) is 4.74 Å². The molecule has 80 valence electrons. The van der Waals surface area contributed by atoms with Crippen molar-refractivity contribution in [2.75, 3.05) is 26.8 Å². The Balaban J connectivity index is 0. The maximum atomic E-state index is 4.99. The number of allylic oxidation sites excluding steroid dienone is 1. The first-order valence-electron chi connectivity index (χ1n) is 4.99. The van der Waals surface area contributed by atoms with Crippen LogP contribution in [0.15, 0.2) is 12.7 Å². The number of nitrogens with one attached hydrogen (secondary N) is 1. The third-order valence-corrected chi connectivity index (χ3v) is 1.37. The topological polar surface area (TPSA) is 21.3 Å². The molecule has 2 heteroatoms. The fourth-order valence-electron chi connectivity index (χ4n) is 0.869. The van der Waals surface area contributed by atoms with Gasteiger partial charge in [-0.1, -0.05) is 19.9 Å². The van der Waals surface area contributed by atoms with Crippen molar-refractivity contribution in [3.8, 4) is 0 Å². The minimum absolute atomic E-state index is 0.636. The summed E-state index contributed by atoms with van der Waals surface area (Å²) in [6.07, 6.45) is 2.96. The molecule has 0 aromatic carbocycles. The van der Waals surface area contributed by atoms with Gasteiger partial charge in [-0.05, 0) is 32.4 Å². The minimum Gasteiger partial charge on any atom is -0.384 e. The van der Waals surface area contributed by atoms with Gasteiger partial charge >= 0.3 is 0 Å². The molecule has 0 radical (unpaired) electrons. The highest BCUT2D eigenvalue weighted by Gasteiger charge is 1.98. The van der Waals surface area contributed by atoms with Crippen LogP contribution in [0.5, 0.6) is 0 Å². The van der Waals surface area contributed by atoms with Gasteiger partial charge in [-0.2, -0.15) is 0 Å². The van der Waals surface area contributed by atoms with Crippen LogP contribution < -0.4 is 5.32 Å². The molecular weight excluding hydrogens is 162 g/mol. The summed E-state index contributed by atoms with van der Waals surface area (Å²) in [7, 11) is 1.75. The van der Waals surface area contributed by atoms with Gasteiger partial charge in [0.1, 0.15) is 0 Å². The first-order chi connectivity index (χ1) is 6.22. The van der Waals surface area contributed by atoms with Crippen molar-refractivity contribution in [3.63, 3.8) is 0 Å². The van der Waals surface area contributed by atoms with E-state index in [1.807, 2.05) is 6.92 Å². The van der Waals surface area contributed by atoms with E-state index in [-0.39, 0.29) is 0 Å². The van der Waals surface area contributed by atoms with E-state index in [1.54, 1.807) is 13.2 Å². The van der Waals surface area contributed by atoms with Gasteiger partial charge in [0, 0.05) is 13.7 Å². The Hall–Kier alpha value is -0.340. The van der Waals surface area contributed by atoms with Gasteiger partial charge in [0.05, 0.1) is 0 Å². The van der Waals surface area contributed by atoms with Crippen molar-refractivity contribution in [2.45, 2.75) is 27.2 Å². The van der Waals surface area contributed by atoms with Gasteiger partial charge in [0.15, 0.2) is 0 Å². The second kappa shape index (κ2) is 14.2. The Morgan fingerprint density at radius 2 is 2.08 bits per heavy atom. The lowest BCUT2D eigenvalue weighted by Gasteiger charge is -2.09. The van der Waals surface area contributed by atoms with Crippen molar-refractivity contribution in [3.05, 3.63) is 12.7 Å². The van der Waals surface area contributed by atoms with E-state index in [2.05, 4.69) is 25.7 Å². The minimum atomic E-state index is 0.636. The Morgan fingerprint density at radius 3 is 2.46 bits per heavy atom. The molecule has 0 bridgehead atoms. The molecule has 0 amide bonds. The summed E-state index contributed by atoms with van der Waals surface area (Å²) >= 11 is 0. The van der Waals surface area contributed by atoms with Crippen LogP contribution in [0, 0.1) is 5.92 Å². The summed E-state index contributed by atoms with van der Waals surface area (Å²) in [6, 6.07) is 0. The Labute approximate surface area is 83.4 Å². The number of rotatable bonds is 6. The van der Waals surface area contributed by atoms with Crippen LogP contribution in [-0.2, 0) is 4.74 Å². The predicted molar refractivity (Wildman–Crippen MR) is 60.1 cm³/mol. The molecule has 1 unspecified atom stereocenters. The van der Waals surface area contributed by atoms with E-state index < -0.39 is 0 Å². The summed E-state index contributed by atoms with van der Waals surface area (Å²) in [5, 5.41) is 3.34. The smallest absolute Gasteiger partial charge is 0.0499 e. The molecule has 0 aromatic heterocycles. The molecule has 0 fully saturated rings. The fraction of sp³-hybridized carbons (Fsp3) is 0.818. The quantitative estimate of drug-likeness (QED) is 0.509. The molecule has 2 nitrogen and oxygen atoms in total. The van der Waals surface area contributed by atoms with Crippen LogP contribution in [0.2, 0.25) is 0 Å². The van der Waals surface area contributed by atoms with Crippen molar-refractivity contribution in [1.29, 1.82) is 0 Å². The zero-order chi connectivity index (χ0) is 10.5. The molecule has 0 aliphatic rings. The predicted octanol–water partition coefficient (Wildman–Crippen LogP) is 2.46. The lowest BCUT2D eigenvalue weighted by atomic mass is 10.2. The Morgan fingerprint density at radius 1 is 1.54 bits per heavy atom. The van der Waals surface area contributed by atoms with Crippen molar-refractivity contribution < 1.29 is 4.74 Å². The maximum Gasteiger partial charge on any atom is 0.0499 e. The fourth-order valence-corrected chi connectivity index (χ4v) is 0.869. The highest BCUT2D eigenvalue weighted by Crippen LogP contribution is 1.91. The normalized spacial score (nSPS) is 11.4. The van der Waals surface area contributed by atoms with Gasteiger partial charge in [-0.15, -0.1) is 6.58 Å². The summed E-state index contributed by atoms with van der Waals surface area (Å²) in [6.45, 7) is 12.7. The van der Waals surface area contributed by atoms with Crippen molar-refractivity contribution >= 4 is 0 Å². The zero-order valence-electron chi connectivity index (χ0n) is 9.60. The van der Waals surface area contributed by atoms with Gasteiger partial charge in [0.25, 0.3) is 0 Å². The highest BCUT2D eigenvalue weighted by atomic mass is 16.5. The van der Waals surface area contributed by atoms with E-state index >= 15 is 0 Å². The van der Waals surface area contributed by atoms with Gasteiger partial charge in [-0.25, -0.2) is 0 Å². The molecule has 0 rings (SSSR count). The first kappa shape index (κ1) is 15.1. The van der Waals surface area contributed by atoms with Crippen molar-refractivity contribution in [1.82, 2.24) is 5.32 Å². The van der Waals surface area contributed by atoms with Crippen LogP contribution in [0.4, 0.5) is 0 Å². The third-order valence-electron chi connectivity index (χ3n) is 1.37. The molecule has 0 saturated heterocycles. The Kier molecular flexibility index (Phi) is 16.5. The monoisotopic (exact) mass is 187 g/mol. The SMILES string of the molecule is C=CC.CCCNCC(C)COC. The van der Waals surface area contributed by atoms with E-state index in [9.17, 15) is 0 Å². The number of hydrogen-bond acceptors (Lipinski definition) is 2. The lowest BCUT2D eigenvalue weighted by Crippen LogP contribution is -2.24. The van der Waals surface area contributed by atoms with E-state index in [0.29, 0.717) is 5.92 Å². The highest BCUT2D eigenvalue weighted by molar-refractivity contribution is 4.54. The molecule has 0 saturated carbocycles. The molecule has 1 atom stereocenters. The molecule has 0 heterocycles. The van der Waals surface area contributed by atoms with Gasteiger partial charge in [-0.3, -0.25) is 0 Å². The van der Waals surface area contributed by atoms with E-state index in [0.717, 1.165) is 19.7 Å². The van der Waals surface area contributed by atoms with Crippen LogP contribution in [0.1, 0.15) is 27.2 Å². The Bertz CT molecular complexity index is 94.1. The molecule has 0 aliphatic heterocycles. The molecule has 0 aromatic rings. The molecule has 0 aliphatic carbocycles. The average Bonchev–Trinajstić information content (AvgIpc) is 2.07. The number of hydrogen-bond donors (Lipinski definition) is 1. The van der Waals surface area contributed by atoms with Gasteiger partial charge < -0.3 is 10.1 Å². The van der Waals surface area contributed by atoms with E-state index in [1.165, 1.54) is 6.42 Å². The van der Waals surface area contributed by atoms with Gasteiger partial charge in [0.2, 0.25) is 0 Å². The van der Waals surface area contributed by atoms with Crippen LogP contribution in [0.3, 0.4) is 0 Å². The van der Waals surface area contributed by atoms with Crippen molar-refractivity contribution in [2.24, 2.45) is 5.92 Å². The lowest BCUT2D eigenvalue weighted by molar-refractivity contribution is 0.158. The molecule has 1 N–H and O–H groups in total. The average molecular weight is 187 g/mol. The number of methoxy groups -OCH3 is 1. The van der Waals surface area contributed by atoms with Crippen LogP contribution >= 0.6 is 0 Å². The van der Waals surface area contributed by atoms with Crippen LogP contribution in [-0.4, -0.2) is 26.8 Å². The second-order valence-electron chi connectivity index (χ2n) is 3.17. The van der Waals surface area contributed by atoms with Crippen LogP contribution in [0.25, 0.3) is 0 Å². The summed E-state index contributed by atoms with van der Waals surface area (Å²) in [5.74, 6) is 0.636. The third kappa shape index (κ3) is 18.5. The first-order valence-corrected chi connectivity index (χ1v) is 4.99. The summed E-state index contributed by atoms with van der Waals surface area (Å²) in [4.78, 5) is 0. The number of ether oxygens (including phenoxy) is 1.